The van der Waals surface area contributed by atoms with E-state index in [1.807, 2.05) is 12.1 Å². The summed E-state index contributed by atoms with van der Waals surface area (Å²) in [5.74, 6) is 0. The zero-order valence-corrected chi connectivity index (χ0v) is 10.1. The van der Waals surface area contributed by atoms with Gasteiger partial charge >= 0.3 is 0 Å². The lowest BCUT2D eigenvalue weighted by atomic mass is 10.0. The minimum Gasteiger partial charge on any atom is -0.296 e. The van der Waals surface area contributed by atoms with Crippen LogP contribution in [0.2, 0.25) is 0 Å². The van der Waals surface area contributed by atoms with Gasteiger partial charge in [0.2, 0.25) is 0 Å². The van der Waals surface area contributed by atoms with E-state index in [9.17, 15) is 10.1 Å². The van der Waals surface area contributed by atoms with Crippen LogP contribution in [0.25, 0.3) is 0 Å². The highest BCUT2D eigenvalue weighted by atomic mass is 16.6. The molecular formula is C13H18N2O2. The third-order valence-electron chi connectivity index (χ3n) is 3.47. The first-order valence-corrected chi connectivity index (χ1v) is 6.14. The highest BCUT2D eigenvalue weighted by molar-refractivity contribution is 5.32. The maximum Gasteiger partial charge on any atom is 0.269 e. The van der Waals surface area contributed by atoms with Gasteiger partial charge in [-0.1, -0.05) is 18.6 Å². The summed E-state index contributed by atoms with van der Waals surface area (Å²) >= 11 is 0. The van der Waals surface area contributed by atoms with Crippen LogP contribution in [0, 0.1) is 10.1 Å². The normalized spacial score (nSPS) is 21.4. The molecule has 0 aliphatic carbocycles. The summed E-state index contributed by atoms with van der Waals surface area (Å²) in [6, 6.07) is 7.52. The first-order valence-electron chi connectivity index (χ1n) is 6.14. The fourth-order valence-electron chi connectivity index (χ4n) is 2.35. The highest BCUT2D eigenvalue weighted by Crippen LogP contribution is 2.20. The maximum absolute atomic E-state index is 10.5. The van der Waals surface area contributed by atoms with E-state index in [-0.39, 0.29) is 10.6 Å². The summed E-state index contributed by atoms with van der Waals surface area (Å²) in [5, 5.41) is 10.5. The van der Waals surface area contributed by atoms with Gasteiger partial charge in [-0.15, -0.1) is 0 Å². The van der Waals surface area contributed by atoms with Gasteiger partial charge in [-0.3, -0.25) is 15.0 Å². The van der Waals surface area contributed by atoms with E-state index in [1.54, 1.807) is 12.1 Å². The summed E-state index contributed by atoms with van der Waals surface area (Å²) < 4.78 is 0. The summed E-state index contributed by atoms with van der Waals surface area (Å²) in [6.45, 7) is 4.29. The molecule has 1 aliphatic rings. The summed E-state index contributed by atoms with van der Waals surface area (Å²) in [7, 11) is 0. The van der Waals surface area contributed by atoms with Crippen LogP contribution in [0.5, 0.6) is 0 Å². The van der Waals surface area contributed by atoms with Gasteiger partial charge in [-0.25, -0.2) is 0 Å². The van der Waals surface area contributed by atoms with Gasteiger partial charge in [-0.05, 0) is 31.9 Å². The van der Waals surface area contributed by atoms with Crippen LogP contribution >= 0.6 is 0 Å². The van der Waals surface area contributed by atoms with Crippen molar-refractivity contribution in [3.63, 3.8) is 0 Å². The lowest BCUT2D eigenvalue weighted by Crippen LogP contribution is -2.36. The fourth-order valence-corrected chi connectivity index (χ4v) is 2.35. The van der Waals surface area contributed by atoms with Crippen molar-refractivity contribution < 1.29 is 4.92 Å². The van der Waals surface area contributed by atoms with Crippen LogP contribution in [0.15, 0.2) is 24.3 Å². The minimum atomic E-state index is -0.354. The zero-order chi connectivity index (χ0) is 12.3. The molecule has 0 unspecified atom stereocenters. The molecule has 1 fully saturated rings. The smallest absolute Gasteiger partial charge is 0.269 e. The topological polar surface area (TPSA) is 46.4 Å². The number of non-ortho nitro benzene ring substituents is 1. The average molecular weight is 234 g/mol. The number of piperidine rings is 1. The van der Waals surface area contributed by atoms with Crippen molar-refractivity contribution >= 4 is 5.69 Å². The van der Waals surface area contributed by atoms with Gasteiger partial charge in [-0.2, -0.15) is 0 Å². The molecule has 92 valence electrons. The van der Waals surface area contributed by atoms with Crippen LogP contribution in [-0.4, -0.2) is 22.4 Å². The molecule has 1 heterocycles. The number of nitrogens with zero attached hydrogens (tertiary/aromatic N) is 2. The Labute approximate surface area is 101 Å². The molecule has 2 rings (SSSR count). The van der Waals surface area contributed by atoms with E-state index in [0.29, 0.717) is 6.04 Å². The molecule has 0 spiro atoms. The summed E-state index contributed by atoms with van der Waals surface area (Å²) in [4.78, 5) is 12.6. The Morgan fingerprint density at radius 2 is 2.06 bits per heavy atom. The lowest BCUT2D eigenvalue weighted by molar-refractivity contribution is -0.384. The van der Waals surface area contributed by atoms with E-state index < -0.39 is 0 Å². The summed E-state index contributed by atoms with van der Waals surface area (Å²) in [6.07, 6.45) is 3.84. The molecule has 0 N–H and O–H groups in total. The molecule has 1 saturated heterocycles. The number of hydrogen-bond acceptors (Lipinski definition) is 3. The first-order chi connectivity index (χ1) is 8.16. The van der Waals surface area contributed by atoms with E-state index in [2.05, 4.69) is 11.8 Å². The molecule has 1 aliphatic heterocycles. The van der Waals surface area contributed by atoms with Crippen molar-refractivity contribution in [3.05, 3.63) is 39.9 Å². The van der Waals surface area contributed by atoms with Crippen LogP contribution in [-0.2, 0) is 6.54 Å². The molecular weight excluding hydrogens is 216 g/mol. The van der Waals surface area contributed by atoms with Gasteiger partial charge in [0.1, 0.15) is 0 Å². The maximum atomic E-state index is 10.5. The van der Waals surface area contributed by atoms with Crippen LogP contribution < -0.4 is 0 Å². The van der Waals surface area contributed by atoms with Gasteiger partial charge < -0.3 is 0 Å². The molecule has 0 amide bonds. The second-order valence-electron chi connectivity index (χ2n) is 4.74. The second-order valence-corrected chi connectivity index (χ2v) is 4.74. The second kappa shape index (κ2) is 5.27. The molecule has 0 radical (unpaired) electrons. The van der Waals surface area contributed by atoms with E-state index in [4.69, 9.17) is 0 Å². The molecule has 17 heavy (non-hydrogen) atoms. The molecule has 1 atom stereocenters. The first kappa shape index (κ1) is 12.0. The molecule has 0 aromatic heterocycles. The van der Waals surface area contributed by atoms with Crippen molar-refractivity contribution in [1.82, 2.24) is 4.90 Å². The number of nitro benzene ring substituents is 1. The number of likely N-dealkylation sites (tertiary alicyclic amines) is 1. The van der Waals surface area contributed by atoms with Crippen molar-refractivity contribution in [3.8, 4) is 0 Å². The van der Waals surface area contributed by atoms with Crippen LogP contribution in [0.1, 0.15) is 31.7 Å². The Hall–Kier alpha value is -1.42. The average Bonchev–Trinajstić information content (AvgIpc) is 2.33. The molecule has 1 aromatic carbocycles. The monoisotopic (exact) mass is 234 g/mol. The molecule has 1 aromatic rings. The predicted octanol–water partition coefficient (Wildman–Crippen LogP) is 2.97. The van der Waals surface area contributed by atoms with Crippen LogP contribution in [0.3, 0.4) is 0 Å². The van der Waals surface area contributed by atoms with Gasteiger partial charge in [0.15, 0.2) is 0 Å². The Bertz CT molecular complexity index is 389. The third kappa shape index (κ3) is 3.03. The number of benzene rings is 1. The Morgan fingerprint density at radius 1 is 1.35 bits per heavy atom. The van der Waals surface area contributed by atoms with Crippen molar-refractivity contribution in [1.29, 1.82) is 0 Å². The number of nitro groups is 1. The Morgan fingerprint density at radius 3 is 2.65 bits per heavy atom. The van der Waals surface area contributed by atoms with Crippen molar-refractivity contribution in [2.45, 2.75) is 38.8 Å². The largest absolute Gasteiger partial charge is 0.296 e. The standard InChI is InChI=1S/C13H18N2O2/c1-11-4-2-3-9-14(11)10-12-5-7-13(8-6-12)15(16)17/h5-8,11H,2-4,9-10H2,1H3/t11-/m0/s1. The quantitative estimate of drug-likeness (QED) is 0.596. The molecule has 4 heteroatoms. The summed E-state index contributed by atoms with van der Waals surface area (Å²) in [5.41, 5.74) is 1.32. The number of rotatable bonds is 3. The van der Waals surface area contributed by atoms with Crippen LogP contribution in [0.4, 0.5) is 5.69 Å². The minimum absolute atomic E-state index is 0.167. The van der Waals surface area contributed by atoms with Crippen molar-refractivity contribution in [2.24, 2.45) is 0 Å². The third-order valence-corrected chi connectivity index (χ3v) is 3.47. The van der Waals surface area contributed by atoms with Crippen molar-refractivity contribution in [2.75, 3.05) is 6.54 Å². The van der Waals surface area contributed by atoms with E-state index in [0.717, 1.165) is 18.7 Å². The predicted molar refractivity (Wildman–Crippen MR) is 66.8 cm³/mol. The van der Waals surface area contributed by atoms with Gasteiger partial charge in [0.25, 0.3) is 5.69 Å². The zero-order valence-electron chi connectivity index (χ0n) is 10.1. The molecule has 0 bridgehead atoms. The SMILES string of the molecule is C[C@H]1CCCCN1Cc1ccc([N+](=O)[O-])cc1. The lowest BCUT2D eigenvalue weighted by Gasteiger charge is -2.33. The fraction of sp³-hybridized carbons (Fsp3) is 0.538. The van der Waals surface area contributed by atoms with E-state index >= 15 is 0 Å². The molecule has 4 nitrogen and oxygen atoms in total. The Balaban J connectivity index is 2.00. The van der Waals surface area contributed by atoms with Gasteiger partial charge in [0.05, 0.1) is 4.92 Å². The number of hydrogen-bond donors (Lipinski definition) is 0. The van der Waals surface area contributed by atoms with E-state index in [1.165, 1.54) is 19.3 Å². The van der Waals surface area contributed by atoms with Gasteiger partial charge in [0, 0.05) is 24.7 Å². The molecule has 0 saturated carbocycles. The Kier molecular flexibility index (Phi) is 3.74. The highest BCUT2D eigenvalue weighted by Gasteiger charge is 2.18.